The lowest BCUT2D eigenvalue weighted by molar-refractivity contribution is 1.70. The van der Waals surface area contributed by atoms with Crippen molar-refractivity contribution in [2.45, 2.75) is 0 Å². The number of benzene rings is 3. The summed E-state index contributed by atoms with van der Waals surface area (Å²) in [5.41, 5.74) is 9.63. The van der Waals surface area contributed by atoms with Gasteiger partial charge in [0.25, 0.3) is 0 Å². The second-order valence-electron chi connectivity index (χ2n) is 4.89. The van der Waals surface area contributed by atoms with Crippen molar-refractivity contribution in [3.63, 3.8) is 0 Å². The number of thiophene rings is 1. The van der Waals surface area contributed by atoms with Crippen molar-refractivity contribution in [2.24, 2.45) is 0 Å². The van der Waals surface area contributed by atoms with Crippen LogP contribution in [0.1, 0.15) is 0 Å². The van der Waals surface area contributed by atoms with Crippen LogP contribution in [-0.2, 0) is 0 Å². The molecule has 0 amide bonds. The van der Waals surface area contributed by atoms with Crippen LogP contribution < -0.4 is 5.73 Å². The van der Waals surface area contributed by atoms with Gasteiger partial charge in [-0.1, -0.05) is 54.6 Å². The molecule has 0 atom stereocenters. The maximum Gasteiger partial charge on any atom is 0.0473 e. The van der Waals surface area contributed by atoms with Gasteiger partial charge in [0.2, 0.25) is 0 Å². The van der Waals surface area contributed by atoms with E-state index in [0.717, 1.165) is 16.6 Å². The molecule has 0 aliphatic carbocycles. The van der Waals surface area contributed by atoms with Crippen molar-refractivity contribution in [3.8, 4) is 11.1 Å². The summed E-state index contributed by atoms with van der Waals surface area (Å²) >= 11 is 1.77. The first-order chi connectivity index (χ1) is 9.84. The molecule has 0 aliphatic rings. The van der Waals surface area contributed by atoms with E-state index in [9.17, 15) is 0 Å². The zero-order chi connectivity index (χ0) is 13.5. The van der Waals surface area contributed by atoms with Gasteiger partial charge in [0.05, 0.1) is 0 Å². The minimum Gasteiger partial charge on any atom is -0.398 e. The Morgan fingerprint density at radius 3 is 2.35 bits per heavy atom. The quantitative estimate of drug-likeness (QED) is 0.468. The molecular formula is C18H13NS. The zero-order valence-corrected chi connectivity index (χ0v) is 11.7. The molecule has 0 saturated carbocycles. The molecule has 2 heteroatoms. The van der Waals surface area contributed by atoms with Crippen molar-refractivity contribution in [1.82, 2.24) is 0 Å². The molecule has 20 heavy (non-hydrogen) atoms. The lowest BCUT2D eigenvalue weighted by atomic mass is 9.98. The molecule has 0 unspecified atom stereocenters. The van der Waals surface area contributed by atoms with E-state index in [-0.39, 0.29) is 0 Å². The Kier molecular flexibility index (Phi) is 2.51. The zero-order valence-electron chi connectivity index (χ0n) is 10.8. The maximum absolute atomic E-state index is 6.41. The molecule has 0 aliphatic heterocycles. The van der Waals surface area contributed by atoms with E-state index in [2.05, 4.69) is 53.9 Å². The van der Waals surface area contributed by atoms with Crippen molar-refractivity contribution >= 4 is 37.9 Å². The van der Waals surface area contributed by atoms with Crippen LogP contribution in [0.2, 0.25) is 0 Å². The second-order valence-corrected chi connectivity index (χ2v) is 5.80. The van der Waals surface area contributed by atoms with Gasteiger partial charge in [0.1, 0.15) is 0 Å². The molecule has 1 aromatic heterocycles. The van der Waals surface area contributed by atoms with Gasteiger partial charge in [0.15, 0.2) is 0 Å². The highest BCUT2D eigenvalue weighted by Gasteiger charge is 2.10. The Morgan fingerprint density at radius 2 is 1.45 bits per heavy atom. The molecule has 0 saturated heterocycles. The number of nitrogens with two attached hydrogens (primary N) is 1. The number of rotatable bonds is 1. The van der Waals surface area contributed by atoms with E-state index in [4.69, 9.17) is 5.73 Å². The van der Waals surface area contributed by atoms with Gasteiger partial charge in [-0.3, -0.25) is 0 Å². The van der Waals surface area contributed by atoms with Gasteiger partial charge in [-0.25, -0.2) is 0 Å². The summed E-state index contributed by atoms with van der Waals surface area (Å²) < 4.78 is 1.30. The van der Waals surface area contributed by atoms with E-state index in [1.165, 1.54) is 21.0 Å². The Morgan fingerprint density at radius 1 is 0.700 bits per heavy atom. The largest absolute Gasteiger partial charge is 0.398 e. The van der Waals surface area contributed by atoms with Gasteiger partial charge in [-0.05, 0) is 16.8 Å². The third kappa shape index (κ3) is 1.62. The Bertz CT molecular complexity index is 921. The van der Waals surface area contributed by atoms with E-state index in [1.807, 2.05) is 12.1 Å². The summed E-state index contributed by atoms with van der Waals surface area (Å²) in [5.74, 6) is 0. The van der Waals surface area contributed by atoms with Crippen molar-refractivity contribution in [1.29, 1.82) is 0 Å². The van der Waals surface area contributed by atoms with E-state index >= 15 is 0 Å². The predicted octanol–water partition coefficient (Wildman–Crippen LogP) is 5.30. The number of anilines is 1. The highest BCUT2D eigenvalue weighted by Crippen LogP contribution is 2.39. The Labute approximate surface area is 121 Å². The molecule has 4 rings (SSSR count). The smallest absolute Gasteiger partial charge is 0.0473 e. The number of fused-ring (bicyclic) bond motifs is 2. The minimum atomic E-state index is 0.867. The third-order valence-corrected chi connectivity index (χ3v) is 4.71. The number of nitrogen functional groups attached to an aromatic ring is 1. The average Bonchev–Trinajstić information content (AvgIpc) is 2.92. The average molecular weight is 275 g/mol. The summed E-state index contributed by atoms with van der Waals surface area (Å²) in [6.45, 7) is 0. The number of hydrogen-bond donors (Lipinski definition) is 1. The summed E-state index contributed by atoms with van der Waals surface area (Å²) in [7, 11) is 0. The molecule has 4 aromatic rings. The first-order valence-corrected chi connectivity index (χ1v) is 7.46. The summed E-state index contributed by atoms with van der Waals surface area (Å²) in [5, 5.41) is 5.79. The van der Waals surface area contributed by atoms with Gasteiger partial charge in [-0.2, -0.15) is 0 Å². The van der Waals surface area contributed by atoms with Gasteiger partial charge < -0.3 is 5.73 Å². The highest BCUT2D eigenvalue weighted by atomic mass is 32.1. The van der Waals surface area contributed by atoms with Crippen LogP contribution in [-0.4, -0.2) is 0 Å². The monoisotopic (exact) mass is 275 g/mol. The lowest BCUT2D eigenvalue weighted by Crippen LogP contribution is -1.91. The van der Waals surface area contributed by atoms with Crippen LogP contribution in [0, 0.1) is 0 Å². The molecule has 1 nitrogen and oxygen atoms in total. The first-order valence-electron chi connectivity index (χ1n) is 6.58. The molecular weight excluding hydrogens is 262 g/mol. The van der Waals surface area contributed by atoms with Crippen LogP contribution in [0.5, 0.6) is 0 Å². The van der Waals surface area contributed by atoms with Crippen LogP contribution >= 0.6 is 11.3 Å². The van der Waals surface area contributed by atoms with E-state index in [1.54, 1.807) is 11.3 Å². The van der Waals surface area contributed by atoms with Crippen molar-refractivity contribution in [3.05, 3.63) is 66.0 Å². The van der Waals surface area contributed by atoms with E-state index in [0.29, 0.717) is 0 Å². The first kappa shape index (κ1) is 11.5. The van der Waals surface area contributed by atoms with Crippen LogP contribution in [0.15, 0.2) is 66.0 Å². The molecule has 1 heterocycles. The SMILES string of the molecule is Nc1c(-c2csc3ccccc23)ccc2ccccc12. The number of hydrogen-bond acceptors (Lipinski definition) is 2. The third-order valence-electron chi connectivity index (χ3n) is 3.74. The fourth-order valence-corrected chi connectivity index (χ4v) is 3.68. The molecule has 0 radical (unpaired) electrons. The normalized spacial score (nSPS) is 11.2. The molecule has 2 N–H and O–H groups in total. The molecule has 0 spiro atoms. The molecule has 96 valence electrons. The summed E-state index contributed by atoms with van der Waals surface area (Å²) in [6.07, 6.45) is 0. The summed E-state index contributed by atoms with van der Waals surface area (Å²) in [6, 6.07) is 21.0. The van der Waals surface area contributed by atoms with Crippen molar-refractivity contribution in [2.75, 3.05) is 5.73 Å². The Hall–Kier alpha value is -2.32. The van der Waals surface area contributed by atoms with Gasteiger partial charge in [0, 0.05) is 32.3 Å². The second kappa shape index (κ2) is 4.36. The van der Waals surface area contributed by atoms with E-state index < -0.39 is 0 Å². The fourth-order valence-electron chi connectivity index (χ4n) is 2.72. The molecule has 0 fully saturated rings. The van der Waals surface area contributed by atoms with Crippen molar-refractivity contribution < 1.29 is 0 Å². The maximum atomic E-state index is 6.41. The topological polar surface area (TPSA) is 26.0 Å². The predicted molar refractivity (Wildman–Crippen MR) is 89.2 cm³/mol. The van der Waals surface area contributed by atoms with Crippen LogP contribution in [0.4, 0.5) is 5.69 Å². The highest BCUT2D eigenvalue weighted by molar-refractivity contribution is 7.17. The Balaban J connectivity index is 2.05. The van der Waals surface area contributed by atoms with Crippen LogP contribution in [0.25, 0.3) is 32.0 Å². The molecule has 3 aromatic carbocycles. The molecule has 0 bridgehead atoms. The standard InChI is InChI=1S/C18H13NS/c19-18-13-6-2-1-5-12(13)9-10-15(18)16-11-20-17-8-4-3-7-14(16)17/h1-11H,19H2. The van der Waals surface area contributed by atoms with Gasteiger partial charge in [-0.15, -0.1) is 11.3 Å². The van der Waals surface area contributed by atoms with Crippen LogP contribution in [0.3, 0.4) is 0 Å². The lowest BCUT2D eigenvalue weighted by Gasteiger charge is -2.08. The fraction of sp³-hybridized carbons (Fsp3) is 0. The summed E-state index contributed by atoms with van der Waals surface area (Å²) in [4.78, 5) is 0. The minimum absolute atomic E-state index is 0.867. The van der Waals surface area contributed by atoms with Gasteiger partial charge >= 0.3 is 0 Å².